The summed E-state index contributed by atoms with van der Waals surface area (Å²) in [4.78, 5) is 16.0. The van der Waals surface area contributed by atoms with Crippen molar-refractivity contribution >= 4 is 5.91 Å². The van der Waals surface area contributed by atoms with Crippen LogP contribution in [0.1, 0.15) is 5.56 Å². The van der Waals surface area contributed by atoms with Crippen LogP contribution in [0.25, 0.3) is 0 Å². The summed E-state index contributed by atoms with van der Waals surface area (Å²) < 4.78 is 5.51. The zero-order chi connectivity index (χ0) is 15.1. The summed E-state index contributed by atoms with van der Waals surface area (Å²) in [5.74, 6) is 0.681. The molecule has 1 amide bonds. The van der Waals surface area contributed by atoms with Crippen molar-refractivity contribution in [3.8, 4) is 5.75 Å². The third kappa shape index (κ3) is 4.70. The highest BCUT2D eigenvalue weighted by atomic mass is 16.5. The molecule has 0 radical (unpaired) electrons. The van der Waals surface area contributed by atoms with Crippen molar-refractivity contribution < 1.29 is 14.6 Å². The van der Waals surface area contributed by atoms with Gasteiger partial charge in [0.25, 0.3) is 5.91 Å². The molecule has 21 heavy (non-hydrogen) atoms. The van der Waals surface area contributed by atoms with Crippen LogP contribution in [0.15, 0.2) is 24.3 Å². The lowest BCUT2D eigenvalue weighted by Gasteiger charge is -2.34. The molecular formula is C15H23N3O3. The van der Waals surface area contributed by atoms with Crippen molar-refractivity contribution in [2.24, 2.45) is 5.73 Å². The van der Waals surface area contributed by atoms with E-state index in [1.54, 1.807) is 0 Å². The first-order valence-electron chi connectivity index (χ1n) is 7.25. The summed E-state index contributed by atoms with van der Waals surface area (Å²) in [5, 5.41) is 8.89. The average Bonchev–Trinajstić information content (AvgIpc) is 2.54. The van der Waals surface area contributed by atoms with Gasteiger partial charge in [0.2, 0.25) is 0 Å². The van der Waals surface area contributed by atoms with Crippen LogP contribution in [0.3, 0.4) is 0 Å². The number of nitrogens with zero attached hydrogens (tertiary/aromatic N) is 2. The number of hydrogen-bond acceptors (Lipinski definition) is 5. The maximum absolute atomic E-state index is 12.1. The molecule has 1 saturated heterocycles. The molecule has 116 valence electrons. The van der Waals surface area contributed by atoms with Crippen LogP contribution in [0, 0.1) is 0 Å². The fraction of sp³-hybridized carbons (Fsp3) is 0.533. The van der Waals surface area contributed by atoms with E-state index in [1.807, 2.05) is 29.2 Å². The molecule has 0 spiro atoms. The van der Waals surface area contributed by atoms with Crippen molar-refractivity contribution in [1.82, 2.24) is 9.80 Å². The predicted octanol–water partition coefficient (Wildman–Crippen LogP) is -0.339. The van der Waals surface area contributed by atoms with Crippen LogP contribution >= 0.6 is 0 Å². The molecule has 6 heteroatoms. The lowest BCUT2D eigenvalue weighted by Crippen LogP contribution is -2.50. The van der Waals surface area contributed by atoms with Gasteiger partial charge in [0.15, 0.2) is 6.61 Å². The van der Waals surface area contributed by atoms with Gasteiger partial charge >= 0.3 is 0 Å². The van der Waals surface area contributed by atoms with Gasteiger partial charge in [-0.15, -0.1) is 0 Å². The number of β-amino-alcohol motifs (C(OH)–C–C–N with tert-alkyl or cyclic N) is 1. The number of carbonyl (C=O) groups excluding carboxylic acids is 1. The zero-order valence-corrected chi connectivity index (χ0v) is 12.2. The van der Waals surface area contributed by atoms with Gasteiger partial charge in [-0.3, -0.25) is 9.69 Å². The Morgan fingerprint density at radius 3 is 2.43 bits per heavy atom. The first kappa shape index (κ1) is 15.8. The molecule has 2 rings (SSSR count). The Bertz CT molecular complexity index is 442. The second kappa shape index (κ2) is 7.97. The Kier molecular flexibility index (Phi) is 5.98. The lowest BCUT2D eigenvalue weighted by atomic mass is 10.2. The highest BCUT2D eigenvalue weighted by Gasteiger charge is 2.20. The monoisotopic (exact) mass is 293 g/mol. The molecule has 1 aliphatic heterocycles. The molecule has 1 aliphatic rings. The molecule has 0 aliphatic carbocycles. The van der Waals surface area contributed by atoms with Gasteiger partial charge in [-0.25, -0.2) is 0 Å². The van der Waals surface area contributed by atoms with Crippen LogP contribution in [0.5, 0.6) is 5.75 Å². The molecule has 0 bridgehead atoms. The van der Waals surface area contributed by atoms with Crippen LogP contribution < -0.4 is 10.5 Å². The molecule has 0 aromatic heterocycles. The Morgan fingerprint density at radius 1 is 1.19 bits per heavy atom. The summed E-state index contributed by atoms with van der Waals surface area (Å²) in [6.45, 7) is 4.37. The Morgan fingerprint density at radius 2 is 1.86 bits per heavy atom. The molecule has 1 aromatic rings. The van der Waals surface area contributed by atoms with Gasteiger partial charge < -0.3 is 20.5 Å². The number of ether oxygens (including phenoxy) is 1. The highest BCUT2D eigenvalue weighted by molar-refractivity contribution is 5.77. The van der Waals surface area contributed by atoms with Gasteiger partial charge in [0.05, 0.1) is 6.61 Å². The normalized spacial score (nSPS) is 16.0. The van der Waals surface area contributed by atoms with Crippen LogP contribution in [0.4, 0.5) is 0 Å². The average molecular weight is 293 g/mol. The number of benzene rings is 1. The molecule has 0 saturated carbocycles. The quantitative estimate of drug-likeness (QED) is 0.750. The molecule has 0 unspecified atom stereocenters. The lowest BCUT2D eigenvalue weighted by molar-refractivity contribution is -0.135. The van der Waals surface area contributed by atoms with Crippen molar-refractivity contribution in [2.75, 3.05) is 45.9 Å². The smallest absolute Gasteiger partial charge is 0.260 e. The van der Waals surface area contributed by atoms with Gasteiger partial charge in [-0.05, 0) is 17.7 Å². The van der Waals surface area contributed by atoms with E-state index in [2.05, 4.69) is 4.90 Å². The van der Waals surface area contributed by atoms with E-state index < -0.39 is 0 Å². The molecule has 1 heterocycles. The first-order chi connectivity index (χ1) is 10.2. The number of carbonyl (C=O) groups is 1. The summed E-state index contributed by atoms with van der Waals surface area (Å²) in [6, 6.07) is 7.45. The Hall–Kier alpha value is -1.63. The highest BCUT2D eigenvalue weighted by Crippen LogP contribution is 2.12. The van der Waals surface area contributed by atoms with E-state index >= 15 is 0 Å². The van der Waals surface area contributed by atoms with Crippen molar-refractivity contribution in [3.05, 3.63) is 29.8 Å². The maximum Gasteiger partial charge on any atom is 0.260 e. The standard InChI is InChI=1S/C15H23N3O3/c16-11-13-1-3-14(4-2-13)21-12-15(20)18-7-5-17(6-8-18)9-10-19/h1-4,19H,5-12,16H2. The summed E-state index contributed by atoms with van der Waals surface area (Å²) in [6.07, 6.45) is 0. The second-order valence-electron chi connectivity index (χ2n) is 5.08. The van der Waals surface area contributed by atoms with Crippen LogP contribution in [-0.4, -0.2) is 66.8 Å². The maximum atomic E-state index is 12.1. The van der Waals surface area contributed by atoms with Gasteiger partial charge in [-0.1, -0.05) is 12.1 Å². The number of aliphatic hydroxyl groups excluding tert-OH is 1. The minimum atomic E-state index is 0.00144. The molecule has 0 atom stereocenters. The zero-order valence-electron chi connectivity index (χ0n) is 12.2. The molecule has 6 nitrogen and oxygen atoms in total. The van der Waals surface area contributed by atoms with Crippen molar-refractivity contribution in [3.63, 3.8) is 0 Å². The number of amides is 1. The van der Waals surface area contributed by atoms with Gasteiger partial charge in [0.1, 0.15) is 5.75 Å². The van der Waals surface area contributed by atoms with Gasteiger partial charge in [-0.2, -0.15) is 0 Å². The third-order valence-electron chi connectivity index (χ3n) is 3.66. The number of rotatable bonds is 6. The van der Waals surface area contributed by atoms with Crippen molar-refractivity contribution in [1.29, 1.82) is 0 Å². The van der Waals surface area contributed by atoms with Crippen molar-refractivity contribution in [2.45, 2.75) is 6.54 Å². The fourth-order valence-corrected chi connectivity index (χ4v) is 2.32. The largest absolute Gasteiger partial charge is 0.484 e. The Balaban J connectivity index is 1.74. The minimum absolute atomic E-state index is 0.00144. The van der Waals surface area contributed by atoms with Crippen LogP contribution in [0.2, 0.25) is 0 Å². The first-order valence-corrected chi connectivity index (χ1v) is 7.25. The summed E-state index contributed by atoms with van der Waals surface area (Å²) in [7, 11) is 0. The Labute approximate surface area is 125 Å². The number of nitrogens with two attached hydrogens (primary N) is 1. The molecule has 1 fully saturated rings. The molecular weight excluding hydrogens is 270 g/mol. The third-order valence-corrected chi connectivity index (χ3v) is 3.66. The van der Waals surface area contributed by atoms with E-state index in [9.17, 15) is 4.79 Å². The number of hydrogen-bond donors (Lipinski definition) is 2. The van der Waals surface area contributed by atoms with Gasteiger partial charge in [0, 0.05) is 39.3 Å². The van der Waals surface area contributed by atoms with E-state index in [1.165, 1.54) is 0 Å². The van der Waals surface area contributed by atoms with Crippen LogP contribution in [-0.2, 0) is 11.3 Å². The molecule has 1 aromatic carbocycles. The predicted molar refractivity (Wildman–Crippen MR) is 79.9 cm³/mol. The fourth-order valence-electron chi connectivity index (χ4n) is 2.32. The SMILES string of the molecule is NCc1ccc(OCC(=O)N2CCN(CCO)CC2)cc1. The topological polar surface area (TPSA) is 79.0 Å². The summed E-state index contributed by atoms with van der Waals surface area (Å²) in [5.41, 5.74) is 6.57. The van der Waals surface area contributed by atoms with E-state index in [0.717, 1.165) is 18.7 Å². The number of piperazine rings is 1. The summed E-state index contributed by atoms with van der Waals surface area (Å²) >= 11 is 0. The van der Waals surface area contributed by atoms with E-state index in [4.69, 9.17) is 15.6 Å². The molecule has 3 N–H and O–H groups in total. The second-order valence-corrected chi connectivity index (χ2v) is 5.08. The minimum Gasteiger partial charge on any atom is -0.484 e. The van der Waals surface area contributed by atoms with E-state index in [-0.39, 0.29) is 19.1 Å². The van der Waals surface area contributed by atoms with E-state index in [0.29, 0.717) is 31.9 Å². The number of aliphatic hydroxyl groups is 1.